The molecule has 0 spiro atoms. The van der Waals surface area contributed by atoms with E-state index in [0.29, 0.717) is 11.4 Å². The van der Waals surface area contributed by atoms with Crippen LogP contribution in [-0.2, 0) is 9.59 Å². The second kappa shape index (κ2) is 5.81. The molecule has 2 aliphatic carbocycles. The molecule has 4 nitrogen and oxygen atoms in total. The van der Waals surface area contributed by atoms with Gasteiger partial charge in [0, 0.05) is 0 Å². The van der Waals surface area contributed by atoms with Crippen molar-refractivity contribution < 1.29 is 14.3 Å². The van der Waals surface area contributed by atoms with Crippen molar-refractivity contribution in [3.8, 4) is 11.5 Å². The lowest BCUT2D eigenvalue weighted by Gasteiger charge is -2.28. The standard InChI is InChI=1S/C24H23NO3/c1-14-5-4-6-20(15(14)2)28-19-11-9-18(10-12-19)25-22(26)21-16-7-8-17(13-16)24(21,3)23(25)27/h4-12,16-17,21H,13H2,1-3H3/t16-,17+,21-,24-/m1/s1. The number of carbonyl (C=O) groups is 2. The van der Waals surface area contributed by atoms with Gasteiger partial charge >= 0.3 is 0 Å². The summed E-state index contributed by atoms with van der Waals surface area (Å²) in [4.78, 5) is 27.7. The minimum atomic E-state index is -0.593. The molecule has 28 heavy (non-hydrogen) atoms. The van der Waals surface area contributed by atoms with Gasteiger partial charge in [-0.15, -0.1) is 0 Å². The van der Waals surface area contributed by atoms with Crippen LogP contribution in [-0.4, -0.2) is 11.8 Å². The average molecular weight is 373 g/mol. The smallest absolute Gasteiger partial charge is 0.241 e. The van der Waals surface area contributed by atoms with Crippen molar-refractivity contribution >= 4 is 17.5 Å². The van der Waals surface area contributed by atoms with Gasteiger partial charge in [-0.25, -0.2) is 4.90 Å². The van der Waals surface area contributed by atoms with Gasteiger partial charge in [-0.1, -0.05) is 24.3 Å². The number of amides is 2. The number of allylic oxidation sites excluding steroid dienone is 2. The zero-order chi connectivity index (χ0) is 19.6. The highest BCUT2D eigenvalue weighted by Crippen LogP contribution is 2.60. The summed E-state index contributed by atoms with van der Waals surface area (Å²) in [5.41, 5.74) is 2.30. The summed E-state index contributed by atoms with van der Waals surface area (Å²) in [6.07, 6.45) is 5.17. The number of imide groups is 1. The second-order valence-electron chi connectivity index (χ2n) is 8.42. The van der Waals surface area contributed by atoms with Crippen molar-refractivity contribution in [2.45, 2.75) is 27.2 Å². The molecule has 5 rings (SSSR count). The molecule has 4 heteroatoms. The fraction of sp³-hybridized carbons (Fsp3) is 0.333. The van der Waals surface area contributed by atoms with E-state index in [9.17, 15) is 9.59 Å². The number of fused-ring (bicyclic) bond motifs is 5. The molecule has 2 aromatic rings. The van der Waals surface area contributed by atoms with Crippen molar-refractivity contribution in [2.75, 3.05) is 4.90 Å². The zero-order valence-electron chi connectivity index (χ0n) is 16.3. The van der Waals surface area contributed by atoms with Crippen molar-refractivity contribution in [2.24, 2.45) is 23.2 Å². The molecule has 0 N–H and O–H groups in total. The molecule has 1 saturated carbocycles. The Morgan fingerprint density at radius 1 is 1.04 bits per heavy atom. The largest absolute Gasteiger partial charge is 0.457 e. The van der Waals surface area contributed by atoms with Crippen molar-refractivity contribution in [1.82, 2.24) is 0 Å². The number of anilines is 1. The Bertz CT molecular complexity index is 1020. The second-order valence-corrected chi connectivity index (χ2v) is 8.42. The molecule has 142 valence electrons. The highest BCUT2D eigenvalue weighted by atomic mass is 16.5. The average Bonchev–Trinajstić information content (AvgIpc) is 3.32. The van der Waals surface area contributed by atoms with Crippen molar-refractivity contribution in [3.05, 3.63) is 65.7 Å². The van der Waals surface area contributed by atoms with Gasteiger partial charge in [0.15, 0.2) is 0 Å². The number of ether oxygens (including phenoxy) is 1. The quantitative estimate of drug-likeness (QED) is 0.574. The first-order valence-corrected chi connectivity index (χ1v) is 9.82. The first kappa shape index (κ1) is 17.2. The van der Waals surface area contributed by atoms with Crippen LogP contribution in [0.2, 0.25) is 0 Å². The fourth-order valence-corrected chi connectivity index (χ4v) is 5.18. The Labute approximate surface area is 164 Å². The van der Waals surface area contributed by atoms with Gasteiger partial charge in [-0.3, -0.25) is 9.59 Å². The van der Waals surface area contributed by atoms with Crippen LogP contribution in [0.25, 0.3) is 0 Å². The molecule has 0 aromatic heterocycles. The van der Waals surface area contributed by atoms with Crippen LogP contribution in [0.4, 0.5) is 5.69 Å². The van der Waals surface area contributed by atoms with Gasteiger partial charge in [0.25, 0.3) is 0 Å². The highest BCUT2D eigenvalue weighted by molar-refractivity contribution is 6.24. The Morgan fingerprint density at radius 3 is 2.50 bits per heavy atom. The van der Waals surface area contributed by atoms with E-state index in [0.717, 1.165) is 17.7 Å². The van der Waals surface area contributed by atoms with E-state index in [1.807, 2.05) is 38.1 Å². The molecule has 2 bridgehead atoms. The molecule has 2 amide bonds. The summed E-state index contributed by atoms with van der Waals surface area (Å²) in [5.74, 6) is 1.52. The lowest BCUT2D eigenvalue weighted by molar-refractivity contribution is -0.127. The van der Waals surface area contributed by atoms with Crippen LogP contribution >= 0.6 is 0 Å². The van der Waals surface area contributed by atoms with Crippen molar-refractivity contribution in [1.29, 1.82) is 0 Å². The number of hydrogen-bond donors (Lipinski definition) is 0. The molecule has 4 atom stereocenters. The third-order valence-electron chi connectivity index (χ3n) is 6.99. The first-order valence-electron chi connectivity index (χ1n) is 9.82. The summed E-state index contributed by atoms with van der Waals surface area (Å²) < 4.78 is 6.00. The topological polar surface area (TPSA) is 46.6 Å². The lowest BCUT2D eigenvalue weighted by atomic mass is 9.71. The number of nitrogens with zero attached hydrogens (tertiary/aromatic N) is 1. The zero-order valence-corrected chi connectivity index (χ0v) is 16.3. The lowest BCUT2D eigenvalue weighted by Crippen LogP contribution is -2.37. The van der Waals surface area contributed by atoms with Crippen LogP contribution in [0.3, 0.4) is 0 Å². The molecule has 3 aliphatic rings. The molecule has 2 aromatic carbocycles. The maximum Gasteiger partial charge on any atom is 0.241 e. The molecule has 1 saturated heterocycles. The summed E-state index contributed by atoms with van der Waals surface area (Å²) in [6.45, 7) is 6.04. The van der Waals surface area contributed by atoms with Crippen LogP contribution in [0.1, 0.15) is 24.5 Å². The van der Waals surface area contributed by atoms with Gasteiger partial charge in [0.2, 0.25) is 11.8 Å². The molecular weight excluding hydrogens is 350 g/mol. The molecule has 0 radical (unpaired) electrons. The number of benzene rings is 2. The summed E-state index contributed by atoms with van der Waals surface area (Å²) in [7, 11) is 0. The molecule has 1 aliphatic heterocycles. The van der Waals surface area contributed by atoms with Crippen molar-refractivity contribution in [3.63, 3.8) is 0 Å². The molecular formula is C24H23NO3. The van der Waals surface area contributed by atoms with E-state index in [1.165, 1.54) is 10.5 Å². The number of hydrogen-bond acceptors (Lipinski definition) is 3. The minimum absolute atomic E-state index is 0.0625. The van der Waals surface area contributed by atoms with E-state index in [1.54, 1.807) is 12.1 Å². The van der Waals surface area contributed by atoms with E-state index < -0.39 is 5.41 Å². The maximum absolute atomic E-state index is 13.2. The molecule has 2 fully saturated rings. The number of carbonyl (C=O) groups excluding carboxylic acids is 2. The monoisotopic (exact) mass is 373 g/mol. The summed E-state index contributed by atoms with van der Waals surface area (Å²) in [6, 6.07) is 13.2. The Hall–Kier alpha value is -2.88. The normalized spacial score (nSPS) is 30.2. The van der Waals surface area contributed by atoms with Gasteiger partial charge in [0.1, 0.15) is 11.5 Å². The van der Waals surface area contributed by atoms with Crippen LogP contribution in [0.15, 0.2) is 54.6 Å². The first-order chi connectivity index (χ1) is 13.4. The van der Waals surface area contributed by atoms with Gasteiger partial charge in [-0.05, 0) is 80.5 Å². The maximum atomic E-state index is 13.2. The minimum Gasteiger partial charge on any atom is -0.457 e. The highest BCUT2D eigenvalue weighted by Gasteiger charge is 2.67. The number of aryl methyl sites for hydroxylation is 1. The third kappa shape index (κ3) is 2.17. The van der Waals surface area contributed by atoms with Gasteiger partial charge < -0.3 is 4.74 Å². The Morgan fingerprint density at radius 2 is 1.79 bits per heavy atom. The van der Waals surface area contributed by atoms with E-state index in [-0.39, 0.29) is 29.6 Å². The summed E-state index contributed by atoms with van der Waals surface area (Å²) in [5, 5.41) is 0. The molecule has 0 unspecified atom stereocenters. The van der Waals surface area contributed by atoms with Gasteiger partial charge in [-0.2, -0.15) is 0 Å². The predicted molar refractivity (Wildman–Crippen MR) is 107 cm³/mol. The number of rotatable bonds is 3. The van der Waals surface area contributed by atoms with Crippen LogP contribution in [0, 0.1) is 37.0 Å². The van der Waals surface area contributed by atoms with Crippen LogP contribution in [0.5, 0.6) is 11.5 Å². The van der Waals surface area contributed by atoms with Gasteiger partial charge in [0.05, 0.1) is 17.0 Å². The van der Waals surface area contributed by atoms with E-state index in [2.05, 4.69) is 25.1 Å². The fourth-order valence-electron chi connectivity index (χ4n) is 5.18. The SMILES string of the molecule is Cc1cccc(Oc2ccc(N3C(=O)[C@H]4[C@@H]5C=C[C@@H](C5)[C@@]4(C)C3=O)cc2)c1C. The van der Waals surface area contributed by atoms with Crippen LogP contribution < -0.4 is 9.64 Å². The Kier molecular flexibility index (Phi) is 3.57. The summed E-state index contributed by atoms with van der Waals surface area (Å²) >= 11 is 0. The predicted octanol–water partition coefficient (Wildman–Crippen LogP) is 4.80. The van der Waals surface area contributed by atoms with E-state index in [4.69, 9.17) is 4.74 Å². The Balaban J connectivity index is 1.42. The van der Waals surface area contributed by atoms with E-state index >= 15 is 0 Å². The third-order valence-corrected chi connectivity index (χ3v) is 6.99. The molecule has 1 heterocycles.